The number of rotatable bonds is 6. The van der Waals surface area contributed by atoms with E-state index in [2.05, 4.69) is 33.0 Å². The fourth-order valence-corrected chi connectivity index (χ4v) is 2.23. The van der Waals surface area contributed by atoms with Crippen molar-refractivity contribution in [2.45, 2.75) is 53.0 Å². The van der Waals surface area contributed by atoms with Gasteiger partial charge in [0.2, 0.25) is 0 Å². The quantitative estimate of drug-likeness (QED) is 0.800. The van der Waals surface area contributed by atoms with Crippen LogP contribution in [0.15, 0.2) is 24.3 Å². The summed E-state index contributed by atoms with van der Waals surface area (Å²) in [5.41, 5.74) is 1.08. The smallest absolute Gasteiger partial charge is 0.126 e. The van der Waals surface area contributed by atoms with Gasteiger partial charge in [-0.1, -0.05) is 45.9 Å². The van der Waals surface area contributed by atoms with E-state index >= 15 is 0 Å². The maximum absolute atomic E-state index is 13.7. The lowest BCUT2D eigenvalue weighted by Crippen LogP contribution is -2.35. The van der Waals surface area contributed by atoms with Crippen molar-refractivity contribution in [3.63, 3.8) is 0 Å². The van der Waals surface area contributed by atoms with Crippen molar-refractivity contribution in [1.82, 2.24) is 5.32 Å². The predicted octanol–water partition coefficient (Wildman–Crippen LogP) is 4.17. The highest BCUT2D eigenvalue weighted by atomic mass is 19.1. The van der Waals surface area contributed by atoms with Crippen molar-refractivity contribution in [3.05, 3.63) is 35.6 Å². The van der Waals surface area contributed by atoms with E-state index in [1.165, 1.54) is 0 Å². The first kappa shape index (κ1) is 15.2. The minimum Gasteiger partial charge on any atom is -0.314 e. The second-order valence-electron chi connectivity index (χ2n) is 6.21. The van der Waals surface area contributed by atoms with E-state index in [0.717, 1.165) is 31.4 Å². The highest BCUT2D eigenvalue weighted by Crippen LogP contribution is 2.23. The highest BCUT2D eigenvalue weighted by molar-refractivity contribution is 5.18. The van der Waals surface area contributed by atoms with Crippen molar-refractivity contribution in [2.75, 3.05) is 6.54 Å². The SMILES string of the molecule is CCCNC(Cc1ccccc1F)CC(C)(C)C. The second-order valence-corrected chi connectivity index (χ2v) is 6.21. The van der Waals surface area contributed by atoms with Gasteiger partial charge >= 0.3 is 0 Å². The molecule has 0 aliphatic carbocycles. The molecule has 1 aromatic rings. The van der Waals surface area contributed by atoms with Crippen molar-refractivity contribution < 1.29 is 4.39 Å². The van der Waals surface area contributed by atoms with Crippen molar-refractivity contribution in [3.8, 4) is 0 Å². The van der Waals surface area contributed by atoms with E-state index in [1.54, 1.807) is 12.1 Å². The summed E-state index contributed by atoms with van der Waals surface area (Å²) < 4.78 is 13.7. The van der Waals surface area contributed by atoms with Gasteiger partial charge in [0.15, 0.2) is 0 Å². The summed E-state index contributed by atoms with van der Waals surface area (Å²) in [5.74, 6) is -0.0882. The summed E-state index contributed by atoms with van der Waals surface area (Å²) in [6.07, 6.45) is 2.93. The van der Waals surface area contributed by atoms with Gasteiger partial charge in [-0.2, -0.15) is 0 Å². The summed E-state index contributed by atoms with van der Waals surface area (Å²) >= 11 is 0. The van der Waals surface area contributed by atoms with Gasteiger partial charge in [-0.25, -0.2) is 4.39 Å². The van der Waals surface area contributed by atoms with E-state index in [0.29, 0.717) is 6.04 Å². The van der Waals surface area contributed by atoms with Crippen LogP contribution >= 0.6 is 0 Å². The molecule has 1 unspecified atom stereocenters. The Labute approximate surface area is 111 Å². The molecule has 0 aliphatic heterocycles. The van der Waals surface area contributed by atoms with Gasteiger partial charge in [0.05, 0.1) is 0 Å². The van der Waals surface area contributed by atoms with Crippen LogP contribution in [0, 0.1) is 11.2 Å². The second kappa shape index (κ2) is 6.89. The normalized spacial score (nSPS) is 13.6. The molecule has 0 aromatic heterocycles. The average molecular weight is 251 g/mol. The van der Waals surface area contributed by atoms with Gasteiger partial charge in [-0.05, 0) is 42.9 Å². The molecule has 2 heteroatoms. The maximum Gasteiger partial charge on any atom is 0.126 e. The minimum absolute atomic E-state index is 0.0882. The minimum atomic E-state index is -0.0882. The fraction of sp³-hybridized carbons (Fsp3) is 0.625. The first-order valence-corrected chi connectivity index (χ1v) is 6.89. The van der Waals surface area contributed by atoms with E-state index in [-0.39, 0.29) is 11.2 Å². The zero-order valence-electron chi connectivity index (χ0n) is 12.1. The maximum atomic E-state index is 13.7. The fourth-order valence-electron chi connectivity index (χ4n) is 2.23. The summed E-state index contributed by atoms with van der Waals surface area (Å²) in [4.78, 5) is 0. The summed E-state index contributed by atoms with van der Waals surface area (Å²) in [5, 5.41) is 3.53. The number of benzene rings is 1. The third-order valence-corrected chi connectivity index (χ3v) is 2.97. The van der Waals surface area contributed by atoms with Crippen LogP contribution in [0.3, 0.4) is 0 Å². The Hall–Kier alpha value is -0.890. The molecule has 1 nitrogen and oxygen atoms in total. The molecule has 18 heavy (non-hydrogen) atoms. The first-order valence-electron chi connectivity index (χ1n) is 6.89. The monoisotopic (exact) mass is 251 g/mol. The zero-order chi connectivity index (χ0) is 13.6. The number of hydrogen-bond acceptors (Lipinski definition) is 1. The van der Waals surface area contributed by atoms with Crippen LogP contribution in [0.4, 0.5) is 4.39 Å². The average Bonchev–Trinajstić information content (AvgIpc) is 2.27. The summed E-state index contributed by atoms with van der Waals surface area (Å²) in [7, 11) is 0. The Balaban J connectivity index is 2.69. The van der Waals surface area contributed by atoms with Gasteiger partial charge in [0.1, 0.15) is 5.82 Å². The molecule has 0 heterocycles. The first-order chi connectivity index (χ1) is 8.42. The molecule has 0 bridgehead atoms. The molecule has 102 valence electrons. The molecule has 0 fully saturated rings. The zero-order valence-corrected chi connectivity index (χ0v) is 12.1. The Bertz CT molecular complexity index is 354. The molecule has 1 atom stereocenters. The van der Waals surface area contributed by atoms with Crippen LogP contribution < -0.4 is 5.32 Å². The summed E-state index contributed by atoms with van der Waals surface area (Å²) in [6.45, 7) is 9.85. The molecule has 0 spiro atoms. The van der Waals surface area contributed by atoms with E-state index in [1.807, 2.05) is 12.1 Å². The lowest BCUT2D eigenvalue weighted by Gasteiger charge is -2.27. The van der Waals surface area contributed by atoms with Gasteiger partial charge in [0, 0.05) is 6.04 Å². The van der Waals surface area contributed by atoms with Crippen LogP contribution in [-0.4, -0.2) is 12.6 Å². The van der Waals surface area contributed by atoms with Gasteiger partial charge in [-0.15, -0.1) is 0 Å². The Kier molecular flexibility index (Phi) is 5.80. The topological polar surface area (TPSA) is 12.0 Å². The van der Waals surface area contributed by atoms with Gasteiger partial charge < -0.3 is 5.32 Å². The summed E-state index contributed by atoms with van der Waals surface area (Å²) in [6, 6.07) is 7.44. The molecule has 0 amide bonds. The third kappa shape index (κ3) is 5.63. The largest absolute Gasteiger partial charge is 0.314 e. The Morgan fingerprint density at radius 1 is 1.22 bits per heavy atom. The molecular formula is C16H26FN. The molecule has 1 aromatic carbocycles. The van der Waals surface area contributed by atoms with E-state index < -0.39 is 0 Å². The van der Waals surface area contributed by atoms with Crippen LogP contribution in [0.25, 0.3) is 0 Å². The molecule has 0 radical (unpaired) electrons. The molecule has 0 saturated carbocycles. The van der Waals surface area contributed by atoms with E-state index in [9.17, 15) is 4.39 Å². The lowest BCUT2D eigenvalue weighted by molar-refractivity contribution is 0.305. The van der Waals surface area contributed by atoms with Crippen LogP contribution in [-0.2, 0) is 6.42 Å². The Morgan fingerprint density at radius 3 is 2.44 bits per heavy atom. The standard InChI is InChI=1S/C16H26FN/c1-5-10-18-14(12-16(2,3)4)11-13-8-6-7-9-15(13)17/h6-9,14,18H,5,10-12H2,1-4H3. The van der Waals surface area contributed by atoms with Crippen molar-refractivity contribution >= 4 is 0 Å². The lowest BCUT2D eigenvalue weighted by atomic mass is 9.85. The number of hydrogen-bond donors (Lipinski definition) is 1. The van der Waals surface area contributed by atoms with Crippen LogP contribution in [0.5, 0.6) is 0 Å². The van der Waals surface area contributed by atoms with Gasteiger partial charge in [0.25, 0.3) is 0 Å². The van der Waals surface area contributed by atoms with E-state index in [4.69, 9.17) is 0 Å². The molecular weight excluding hydrogens is 225 g/mol. The molecule has 0 saturated heterocycles. The Morgan fingerprint density at radius 2 is 1.89 bits per heavy atom. The van der Waals surface area contributed by atoms with Gasteiger partial charge in [-0.3, -0.25) is 0 Å². The highest BCUT2D eigenvalue weighted by Gasteiger charge is 2.19. The number of halogens is 1. The molecule has 1 N–H and O–H groups in total. The van der Waals surface area contributed by atoms with Crippen molar-refractivity contribution in [1.29, 1.82) is 0 Å². The molecule has 1 rings (SSSR count). The van der Waals surface area contributed by atoms with Crippen molar-refractivity contribution in [2.24, 2.45) is 5.41 Å². The predicted molar refractivity (Wildman–Crippen MR) is 76.3 cm³/mol. The molecule has 0 aliphatic rings. The third-order valence-electron chi connectivity index (χ3n) is 2.97. The number of nitrogens with one attached hydrogen (secondary N) is 1. The van der Waals surface area contributed by atoms with Crippen LogP contribution in [0.1, 0.15) is 46.1 Å². The van der Waals surface area contributed by atoms with Crippen LogP contribution in [0.2, 0.25) is 0 Å².